The van der Waals surface area contributed by atoms with Gasteiger partial charge in [0.15, 0.2) is 0 Å². The fraction of sp³-hybridized carbons (Fsp3) is 0.273. The second-order valence-electron chi connectivity index (χ2n) is 3.94. The van der Waals surface area contributed by atoms with Crippen molar-refractivity contribution in [3.05, 3.63) is 29.7 Å². The summed E-state index contributed by atoms with van der Waals surface area (Å²) in [5.41, 5.74) is 7.91. The lowest BCUT2D eigenvalue weighted by Gasteiger charge is -1.98. The summed E-state index contributed by atoms with van der Waals surface area (Å²) in [5.74, 6) is 0.315. The molecule has 1 aliphatic rings. The van der Waals surface area contributed by atoms with Crippen LogP contribution in [0.5, 0.6) is 0 Å². The lowest BCUT2D eigenvalue weighted by atomic mass is 10.1. The Labute approximate surface area is 80.9 Å². The van der Waals surface area contributed by atoms with Gasteiger partial charge in [0, 0.05) is 23.2 Å². The van der Waals surface area contributed by atoms with Crippen LogP contribution in [-0.4, -0.2) is 4.98 Å². The van der Waals surface area contributed by atoms with E-state index in [-0.39, 0.29) is 11.5 Å². The number of nitrogens with two attached hydrogens (primary N) is 1. The van der Waals surface area contributed by atoms with Crippen LogP contribution in [0.3, 0.4) is 0 Å². The molecule has 14 heavy (non-hydrogen) atoms. The van der Waals surface area contributed by atoms with E-state index < -0.39 is 0 Å². The molecule has 0 unspecified atom stereocenters. The molecule has 0 radical (unpaired) electrons. The first kappa shape index (κ1) is 7.85. The van der Waals surface area contributed by atoms with Crippen LogP contribution in [0.4, 0.5) is 10.1 Å². The molecule has 1 heterocycles. The molecule has 3 N–H and O–H groups in total. The van der Waals surface area contributed by atoms with Crippen LogP contribution in [0.15, 0.2) is 18.3 Å². The van der Waals surface area contributed by atoms with Gasteiger partial charge in [-0.15, -0.1) is 0 Å². The van der Waals surface area contributed by atoms with Crippen LogP contribution >= 0.6 is 0 Å². The number of benzene rings is 1. The molecule has 1 aliphatic carbocycles. The minimum atomic E-state index is -0.346. The zero-order valence-corrected chi connectivity index (χ0v) is 7.68. The number of hydrogen-bond donors (Lipinski definition) is 2. The van der Waals surface area contributed by atoms with Crippen molar-refractivity contribution in [2.24, 2.45) is 0 Å². The lowest BCUT2D eigenvalue weighted by molar-refractivity contribution is 0.634. The molecule has 0 bridgehead atoms. The van der Waals surface area contributed by atoms with Crippen LogP contribution in [0, 0.1) is 5.82 Å². The molecule has 0 saturated heterocycles. The van der Waals surface area contributed by atoms with Gasteiger partial charge in [-0.25, -0.2) is 4.39 Å². The van der Waals surface area contributed by atoms with Crippen molar-refractivity contribution in [3.63, 3.8) is 0 Å². The highest BCUT2D eigenvalue weighted by Crippen LogP contribution is 2.43. The third-order valence-corrected chi connectivity index (χ3v) is 2.85. The van der Waals surface area contributed by atoms with Crippen molar-refractivity contribution < 1.29 is 4.39 Å². The van der Waals surface area contributed by atoms with Gasteiger partial charge in [-0.3, -0.25) is 0 Å². The summed E-state index contributed by atoms with van der Waals surface area (Å²) in [6, 6.07) is 3.20. The summed E-state index contributed by atoms with van der Waals surface area (Å²) in [5, 5.41) is 1.08. The largest absolute Gasteiger partial charge is 0.396 e. The monoisotopic (exact) mass is 190 g/mol. The molecule has 2 nitrogen and oxygen atoms in total. The zero-order valence-electron chi connectivity index (χ0n) is 7.68. The summed E-state index contributed by atoms with van der Waals surface area (Å²) in [7, 11) is 0. The first-order valence-corrected chi connectivity index (χ1v) is 4.81. The van der Waals surface area contributed by atoms with Crippen molar-refractivity contribution in [3.8, 4) is 0 Å². The molecule has 72 valence electrons. The number of nitrogen functional groups attached to an aromatic ring is 1. The Kier molecular flexibility index (Phi) is 1.40. The molecular formula is C11H11FN2. The summed E-state index contributed by atoms with van der Waals surface area (Å²) >= 11 is 0. The molecule has 1 aromatic heterocycles. The number of H-pyrrole nitrogens is 1. The number of aromatic amines is 1. The Bertz CT molecular complexity index is 497. The number of halogens is 1. The van der Waals surface area contributed by atoms with Gasteiger partial charge < -0.3 is 10.7 Å². The predicted octanol–water partition coefficient (Wildman–Crippen LogP) is 2.77. The quantitative estimate of drug-likeness (QED) is 0.667. The number of rotatable bonds is 1. The Morgan fingerprint density at radius 2 is 2.14 bits per heavy atom. The van der Waals surface area contributed by atoms with Gasteiger partial charge in [-0.1, -0.05) is 0 Å². The van der Waals surface area contributed by atoms with E-state index in [9.17, 15) is 4.39 Å². The van der Waals surface area contributed by atoms with Crippen LogP contribution in [0.2, 0.25) is 0 Å². The second-order valence-corrected chi connectivity index (χ2v) is 3.94. The number of anilines is 1. The highest BCUT2D eigenvalue weighted by molar-refractivity contribution is 5.87. The number of fused-ring (bicyclic) bond motifs is 1. The summed E-state index contributed by atoms with van der Waals surface area (Å²) in [6.45, 7) is 0. The van der Waals surface area contributed by atoms with E-state index in [2.05, 4.69) is 4.98 Å². The van der Waals surface area contributed by atoms with Gasteiger partial charge in [0.2, 0.25) is 0 Å². The normalized spacial score (nSPS) is 16.4. The molecule has 3 rings (SSSR count). The molecule has 3 heteroatoms. The summed E-state index contributed by atoms with van der Waals surface area (Å²) in [4.78, 5) is 3.08. The summed E-state index contributed by atoms with van der Waals surface area (Å²) in [6.07, 6.45) is 4.45. The number of nitrogens with one attached hydrogen (secondary N) is 1. The molecule has 0 aliphatic heterocycles. The number of hydrogen-bond acceptors (Lipinski definition) is 1. The second kappa shape index (κ2) is 2.50. The highest BCUT2D eigenvalue weighted by atomic mass is 19.1. The SMILES string of the molecule is Nc1cc2c(C3CC3)c[nH]c2cc1F. The van der Waals surface area contributed by atoms with Crippen molar-refractivity contribution in [2.45, 2.75) is 18.8 Å². The predicted molar refractivity (Wildman–Crippen MR) is 54.6 cm³/mol. The van der Waals surface area contributed by atoms with Crippen LogP contribution < -0.4 is 5.73 Å². The molecule has 1 aromatic carbocycles. The Morgan fingerprint density at radius 1 is 1.36 bits per heavy atom. The van der Waals surface area contributed by atoms with E-state index in [0.29, 0.717) is 5.92 Å². The van der Waals surface area contributed by atoms with Gasteiger partial charge in [0.25, 0.3) is 0 Å². The van der Waals surface area contributed by atoms with Crippen molar-refractivity contribution in [1.29, 1.82) is 0 Å². The smallest absolute Gasteiger partial charge is 0.148 e. The minimum Gasteiger partial charge on any atom is -0.396 e. The first-order valence-electron chi connectivity index (χ1n) is 4.81. The molecule has 1 saturated carbocycles. The molecule has 0 atom stereocenters. The maximum Gasteiger partial charge on any atom is 0.148 e. The fourth-order valence-corrected chi connectivity index (χ4v) is 1.91. The third-order valence-electron chi connectivity index (χ3n) is 2.85. The average Bonchev–Trinajstić information content (AvgIpc) is 2.91. The molecule has 0 spiro atoms. The van der Waals surface area contributed by atoms with Crippen LogP contribution in [0.25, 0.3) is 10.9 Å². The standard InChI is InChI=1S/C11H11FN2/c12-9-4-11-7(3-10(9)13)8(5-14-11)6-1-2-6/h3-6,14H,1-2,13H2. The van der Waals surface area contributed by atoms with Gasteiger partial charge in [0.1, 0.15) is 5.82 Å². The first-order chi connectivity index (χ1) is 6.75. The van der Waals surface area contributed by atoms with E-state index in [1.54, 1.807) is 6.07 Å². The van der Waals surface area contributed by atoms with E-state index in [1.807, 2.05) is 6.20 Å². The molecule has 0 amide bonds. The molecular weight excluding hydrogens is 179 g/mol. The van der Waals surface area contributed by atoms with Gasteiger partial charge in [0.05, 0.1) is 5.69 Å². The van der Waals surface area contributed by atoms with Crippen molar-refractivity contribution in [1.82, 2.24) is 4.98 Å². The van der Waals surface area contributed by atoms with E-state index in [4.69, 9.17) is 5.73 Å². The van der Waals surface area contributed by atoms with Gasteiger partial charge >= 0.3 is 0 Å². The molecule has 1 fully saturated rings. The highest BCUT2D eigenvalue weighted by Gasteiger charge is 2.26. The van der Waals surface area contributed by atoms with E-state index in [0.717, 1.165) is 10.9 Å². The van der Waals surface area contributed by atoms with E-state index in [1.165, 1.54) is 24.5 Å². The fourth-order valence-electron chi connectivity index (χ4n) is 1.91. The maximum atomic E-state index is 13.1. The Morgan fingerprint density at radius 3 is 2.86 bits per heavy atom. The zero-order chi connectivity index (χ0) is 9.71. The summed E-state index contributed by atoms with van der Waals surface area (Å²) < 4.78 is 13.1. The van der Waals surface area contributed by atoms with E-state index >= 15 is 0 Å². The maximum absolute atomic E-state index is 13.1. The minimum absolute atomic E-state index is 0.235. The van der Waals surface area contributed by atoms with Gasteiger partial charge in [-0.05, 0) is 30.4 Å². The van der Waals surface area contributed by atoms with Gasteiger partial charge in [-0.2, -0.15) is 0 Å². The van der Waals surface area contributed by atoms with Crippen molar-refractivity contribution in [2.75, 3.05) is 5.73 Å². The van der Waals surface area contributed by atoms with Crippen LogP contribution in [-0.2, 0) is 0 Å². The average molecular weight is 190 g/mol. The lowest BCUT2D eigenvalue weighted by Crippen LogP contribution is -1.89. The molecule has 2 aromatic rings. The van der Waals surface area contributed by atoms with Crippen molar-refractivity contribution >= 4 is 16.6 Å². The third kappa shape index (κ3) is 1.02. The topological polar surface area (TPSA) is 41.8 Å². The Hall–Kier alpha value is -1.51. The number of aromatic nitrogens is 1. The Balaban J connectivity index is 2.29. The van der Waals surface area contributed by atoms with Crippen LogP contribution in [0.1, 0.15) is 24.3 Å².